The first-order chi connectivity index (χ1) is 13.2. The molecule has 2 aromatic heterocycles. The Balaban J connectivity index is 1.88. The van der Waals surface area contributed by atoms with Crippen molar-refractivity contribution in [3.05, 3.63) is 59.4 Å². The molecule has 0 aliphatic heterocycles. The minimum Gasteiger partial charge on any atom is -0.441 e. The number of nitrogens with two attached hydrogens (primary N) is 1. The normalized spacial score (nSPS) is 11.9. The number of nitrogens with one attached hydrogen (secondary N) is 1. The number of carbonyl (C=O) groups excluding carboxylic acids is 1. The van der Waals surface area contributed by atoms with E-state index < -0.39 is 23.4 Å². The van der Waals surface area contributed by atoms with Crippen molar-refractivity contribution in [1.82, 2.24) is 15.2 Å². The minimum absolute atomic E-state index is 0.0565. The highest BCUT2D eigenvalue weighted by atomic mass is 19.1. The smallest absolute Gasteiger partial charge is 0.325 e. The summed E-state index contributed by atoms with van der Waals surface area (Å²) in [5.74, 6) is -0.818. The molecule has 0 atom stereocenters. The fraction of sp³-hybridized carbons (Fsp3) is 0.211. The quantitative estimate of drug-likeness (QED) is 0.694. The summed E-state index contributed by atoms with van der Waals surface area (Å²) in [5.41, 5.74) is 4.99. The lowest BCUT2D eigenvalue weighted by molar-refractivity contribution is 0.255. The highest BCUT2D eigenvalue weighted by Crippen LogP contribution is 2.30. The van der Waals surface area contributed by atoms with Crippen molar-refractivity contribution in [3.63, 3.8) is 0 Å². The Bertz CT molecular complexity index is 1010. The number of halogens is 2. The predicted octanol–water partition coefficient (Wildman–Crippen LogP) is 4.36. The summed E-state index contributed by atoms with van der Waals surface area (Å²) in [6.07, 6.45) is 4.85. The molecule has 28 heavy (non-hydrogen) atoms. The molecule has 0 saturated carbocycles. The van der Waals surface area contributed by atoms with E-state index in [1.807, 2.05) is 20.8 Å². The van der Waals surface area contributed by atoms with E-state index >= 15 is 0 Å². The van der Waals surface area contributed by atoms with E-state index in [-0.39, 0.29) is 11.2 Å². The van der Waals surface area contributed by atoms with Crippen molar-refractivity contribution < 1.29 is 18.0 Å². The number of H-pyrrole nitrogens is 1. The molecule has 3 aromatic rings. The van der Waals surface area contributed by atoms with Crippen LogP contribution in [0.5, 0.6) is 0 Å². The third-order valence-corrected chi connectivity index (χ3v) is 3.86. The maximum atomic E-state index is 14.1. The van der Waals surface area contributed by atoms with Gasteiger partial charge in [-0.25, -0.2) is 23.5 Å². The van der Waals surface area contributed by atoms with Gasteiger partial charge in [-0.05, 0) is 18.2 Å². The predicted molar refractivity (Wildman–Crippen MR) is 101 cm³/mol. The van der Waals surface area contributed by atoms with Gasteiger partial charge in [-0.2, -0.15) is 5.10 Å². The van der Waals surface area contributed by atoms with Crippen molar-refractivity contribution in [3.8, 4) is 0 Å². The number of carbonyl (C=O) groups is 1. The molecule has 146 valence electrons. The number of nitrogens with zero attached hydrogens (tertiary/aromatic N) is 3. The Hall–Kier alpha value is -3.49. The third-order valence-electron chi connectivity index (χ3n) is 3.86. The number of anilines is 2. The standard InChI is InChI=1S/C19H19F2N5O2/c1-19(2,3)14-10-23-16(28-14)8-7-11-9-15(25-24-11)26(18(22)27)17-12(20)5-4-6-13(17)21/h4-10H,1-3H3,(H2,22,27)(H,24,25)/b8-7-. The highest BCUT2D eigenvalue weighted by molar-refractivity contribution is 5.98. The Kier molecular flexibility index (Phi) is 5.00. The molecule has 3 N–H and O–H groups in total. The van der Waals surface area contributed by atoms with Crippen molar-refractivity contribution in [2.24, 2.45) is 5.73 Å². The first-order valence-corrected chi connectivity index (χ1v) is 8.40. The van der Waals surface area contributed by atoms with E-state index in [0.717, 1.165) is 17.9 Å². The van der Waals surface area contributed by atoms with Crippen LogP contribution in [0.3, 0.4) is 0 Å². The van der Waals surface area contributed by atoms with E-state index in [1.165, 1.54) is 12.1 Å². The molecular weight excluding hydrogens is 368 g/mol. The van der Waals surface area contributed by atoms with Gasteiger partial charge < -0.3 is 10.2 Å². The number of rotatable bonds is 4. The molecule has 2 heterocycles. The summed E-state index contributed by atoms with van der Waals surface area (Å²) in [6.45, 7) is 6.01. The molecule has 1 aromatic carbocycles. The highest BCUT2D eigenvalue weighted by Gasteiger charge is 2.25. The summed E-state index contributed by atoms with van der Waals surface area (Å²) in [5, 5.41) is 6.57. The van der Waals surface area contributed by atoms with Gasteiger partial charge in [0.1, 0.15) is 23.1 Å². The number of amides is 2. The van der Waals surface area contributed by atoms with Gasteiger partial charge in [0.25, 0.3) is 0 Å². The molecule has 2 amide bonds. The number of benzene rings is 1. The van der Waals surface area contributed by atoms with Crippen LogP contribution in [0.25, 0.3) is 12.2 Å². The average Bonchev–Trinajstić information content (AvgIpc) is 3.25. The summed E-state index contributed by atoms with van der Waals surface area (Å²) >= 11 is 0. The monoisotopic (exact) mass is 387 g/mol. The zero-order valence-corrected chi connectivity index (χ0v) is 15.5. The van der Waals surface area contributed by atoms with Gasteiger partial charge in [0, 0.05) is 17.6 Å². The van der Waals surface area contributed by atoms with Gasteiger partial charge in [-0.1, -0.05) is 26.8 Å². The van der Waals surface area contributed by atoms with Crippen molar-refractivity contribution in [1.29, 1.82) is 0 Å². The van der Waals surface area contributed by atoms with E-state index in [2.05, 4.69) is 15.2 Å². The number of urea groups is 1. The van der Waals surface area contributed by atoms with Gasteiger partial charge in [0.2, 0.25) is 5.89 Å². The molecule has 0 fully saturated rings. The van der Waals surface area contributed by atoms with E-state index in [0.29, 0.717) is 16.5 Å². The number of hydrogen-bond acceptors (Lipinski definition) is 4. The van der Waals surface area contributed by atoms with E-state index in [4.69, 9.17) is 10.2 Å². The lowest BCUT2D eigenvalue weighted by Crippen LogP contribution is -2.33. The third kappa shape index (κ3) is 3.93. The molecule has 0 saturated heterocycles. The van der Waals surface area contributed by atoms with Crippen molar-refractivity contribution in [2.75, 3.05) is 4.90 Å². The lowest BCUT2D eigenvalue weighted by atomic mass is 9.94. The number of oxazole rings is 1. The largest absolute Gasteiger partial charge is 0.441 e. The summed E-state index contributed by atoms with van der Waals surface area (Å²) in [7, 11) is 0. The Labute approximate surface area is 159 Å². The zero-order chi connectivity index (χ0) is 20.5. The van der Waals surface area contributed by atoms with E-state index in [9.17, 15) is 13.6 Å². The fourth-order valence-electron chi connectivity index (χ4n) is 2.44. The minimum atomic E-state index is -1.08. The van der Waals surface area contributed by atoms with Crippen LogP contribution in [0.15, 0.2) is 34.9 Å². The number of aromatic nitrogens is 3. The van der Waals surface area contributed by atoms with Crippen LogP contribution in [-0.4, -0.2) is 21.2 Å². The van der Waals surface area contributed by atoms with Crippen LogP contribution in [0.4, 0.5) is 25.1 Å². The lowest BCUT2D eigenvalue weighted by Gasteiger charge is -2.18. The van der Waals surface area contributed by atoms with Crippen molar-refractivity contribution in [2.45, 2.75) is 26.2 Å². The topological polar surface area (TPSA) is 101 Å². The average molecular weight is 387 g/mol. The van der Waals surface area contributed by atoms with Crippen LogP contribution in [0.2, 0.25) is 0 Å². The maximum Gasteiger partial charge on any atom is 0.325 e. The van der Waals surface area contributed by atoms with Crippen molar-refractivity contribution >= 4 is 29.7 Å². The van der Waals surface area contributed by atoms with Gasteiger partial charge in [0.15, 0.2) is 5.82 Å². The van der Waals surface area contributed by atoms with Gasteiger partial charge in [-0.15, -0.1) is 0 Å². The molecule has 3 rings (SSSR count). The maximum absolute atomic E-state index is 14.1. The summed E-state index contributed by atoms with van der Waals surface area (Å²) in [4.78, 5) is 16.6. The number of hydrogen-bond donors (Lipinski definition) is 2. The number of para-hydroxylation sites is 1. The number of primary amides is 1. The van der Waals surface area contributed by atoms with Gasteiger partial charge in [-0.3, -0.25) is 5.10 Å². The Morgan fingerprint density at radius 2 is 1.93 bits per heavy atom. The van der Waals surface area contributed by atoms with Crippen LogP contribution in [0.1, 0.15) is 38.1 Å². The van der Waals surface area contributed by atoms with Gasteiger partial charge in [0.05, 0.1) is 11.9 Å². The number of aromatic amines is 1. The second-order valence-electron chi connectivity index (χ2n) is 7.07. The first-order valence-electron chi connectivity index (χ1n) is 8.40. The molecule has 7 nitrogen and oxygen atoms in total. The molecule has 9 heteroatoms. The first kappa shape index (κ1) is 19.3. The summed E-state index contributed by atoms with van der Waals surface area (Å²) in [6, 6.07) is 3.58. The molecule has 0 aliphatic carbocycles. The van der Waals surface area contributed by atoms with Crippen LogP contribution >= 0.6 is 0 Å². The second-order valence-corrected chi connectivity index (χ2v) is 7.07. The second kappa shape index (κ2) is 7.26. The Morgan fingerprint density at radius 1 is 1.25 bits per heavy atom. The fourth-order valence-corrected chi connectivity index (χ4v) is 2.44. The molecular formula is C19H19F2N5O2. The molecule has 0 aliphatic rings. The molecule has 0 spiro atoms. The summed E-state index contributed by atoms with van der Waals surface area (Å²) < 4.78 is 33.8. The van der Waals surface area contributed by atoms with E-state index in [1.54, 1.807) is 18.3 Å². The van der Waals surface area contributed by atoms with Crippen LogP contribution in [-0.2, 0) is 5.41 Å². The molecule has 0 radical (unpaired) electrons. The zero-order valence-electron chi connectivity index (χ0n) is 15.5. The SMILES string of the molecule is CC(C)(C)c1cnc(/C=C\c2cc(N(C(N)=O)c3c(F)cccc3F)n[nH]2)o1. The molecule has 0 unspecified atom stereocenters. The van der Waals surface area contributed by atoms with Crippen LogP contribution < -0.4 is 10.6 Å². The van der Waals surface area contributed by atoms with Crippen LogP contribution in [0, 0.1) is 11.6 Å². The van der Waals surface area contributed by atoms with Gasteiger partial charge >= 0.3 is 6.03 Å². The molecule has 0 bridgehead atoms. The Morgan fingerprint density at radius 3 is 2.50 bits per heavy atom.